The van der Waals surface area contributed by atoms with Crippen LogP contribution in [0.1, 0.15) is 36.2 Å². The summed E-state index contributed by atoms with van der Waals surface area (Å²) in [5.41, 5.74) is 3.42. The Bertz CT molecular complexity index is 1470. The minimum absolute atomic E-state index is 0.0391. The van der Waals surface area contributed by atoms with Crippen molar-refractivity contribution in [2.75, 3.05) is 6.54 Å². The Morgan fingerprint density at radius 2 is 2.11 bits per heavy atom. The Hall–Kier alpha value is -3.56. The van der Waals surface area contributed by atoms with E-state index in [9.17, 15) is 14.3 Å². The van der Waals surface area contributed by atoms with Crippen molar-refractivity contribution in [2.24, 2.45) is 7.05 Å². The Morgan fingerprint density at radius 3 is 2.81 bits per heavy atom. The largest absolute Gasteiger partial charge is 0.487 e. The van der Waals surface area contributed by atoms with Crippen LogP contribution in [0.5, 0.6) is 5.75 Å². The van der Waals surface area contributed by atoms with Gasteiger partial charge in [-0.1, -0.05) is 23.7 Å². The smallest absolute Gasteiger partial charge is 0.251 e. The van der Waals surface area contributed by atoms with Crippen molar-refractivity contribution in [3.63, 3.8) is 0 Å². The molecule has 1 aliphatic rings. The van der Waals surface area contributed by atoms with Crippen molar-refractivity contribution in [1.82, 2.24) is 24.6 Å². The third kappa shape index (κ3) is 4.29. The minimum Gasteiger partial charge on any atom is -0.487 e. The van der Waals surface area contributed by atoms with Crippen molar-refractivity contribution in [1.29, 1.82) is 0 Å². The first kappa shape index (κ1) is 24.1. The Labute approximate surface area is 212 Å². The zero-order chi connectivity index (χ0) is 25.6. The molecule has 0 saturated carbocycles. The van der Waals surface area contributed by atoms with Gasteiger partial charge in [-0.05, 0) is 50.1 Å². The van der Waals surface area contributed by atoms with Gasteiger partial charge < -0.3 is 14.7 Å². The monoisotopic (exact) mass is 509 g/mol. The number of carbonyl (C=O) groups excluding carboxylic acids is 1. The molecule has 1 amide bonds. The summed E-state index contributed by atoms with van der Waals surface area (Å²) >= 11 is 6.46. The maximum atomic E-state index is 14.4. The summed E-state index contributed by atoms with van der Waals surface area (Å²) in [5.74, 6) is 0.359. The summed E-state index contributed by atoms with van der Waals surface area (Å²) in [6, 6.07) is 9.69. The van der Waals surface area contributed by atoms with Gasteiger partial charge in [0.2, 0.25) is 0 Å². The number of ether oxygens (including phenoxy) is 1. The Balaban J connectivity index is 1.52. The third-order valence-corrected chi connectivity index (χ3v) is 6.92. The molecule has 1 aliphatic heterocycles. The van der Waals surface area contributed by atoms with Gasteiger partial charge in [-0.15, -0.1) is 0 Å². The van der Waals surface area contributed by atoms with Gasteiger partial charge >= 0.3 is 0 Å². The minimum atomic E-state index is -1.04. The van der Waals surface area contributed by atoms with E-state index in [4.69, 9.17) is 21.3 Å². The van der Waals surface area contributed by atoms with Crippen LogP contribution < -0.4 is 4.74 Å². The van der Waals surface area contributed by atoms with Crippen LogP contribution in [0.3, 0.4) is 0 Å². The van der Waals surface area contributed by atoms with Crippen molar-refractivity contribution < 1.29 is 19.0 Å². The molecule has 3 heterocycles. The predicted molar refractivity (Wildman–Crippen MR) is 133 cm³/mol. The summed E-state index contributed by atoms with van der Waals surface area (Å²) in [4.78, 5) is 23.0. The molecule has 2 aromatic carbocycles. The van der Waals surface area contributed by atoms with Crippen LogP contribution in [0.4, 0.5) is 4.39 Å². The van der Waals surface area contributed by atoms with Crippen LogP contribution in [0.2, 0.25) is 5.02 Å². The van der Waals surface area contributed by atoms with E-state index in [1.807, 2.05) is 38.2 Å². The molecule has 0 unspecified atom stereocenters. The molecule has 0 spiro atoms. The molecular formula is C26H25ClFN5O3. The number of pyridine rings is 1. The molecule has 8 nitrogen and oxygen atoms in total. The molecule has 1 saturated heterocycles. The van der Waals surface area contributed by atoms with Crippen LogP contribution in [0.15, 0.2) is 42.7 Å². The summed E-state index contributed by atoms with van der Waals surface area (Å²) < 4.78 is 22.3. The fourth-order valence-electron chi connectivity index (χ4n) is 4.73. The second-order valence-electron chi connectivity index (χ2n) is 8.93. The van der Waals surface area contributed by atoms with Crippen LogP contribution in [-0.4, -0.2) is 48.3 Å². The molecular weight excluding hydrogens is 485 g/mol. The fourth-order valence-corrected chi connectivity index (χ4v) is 5.00. The fraction of sp³-hybridized carbons (Fsp3) is 0.308. The summed E-state index contributed by atoms with van der Waals surface area (Å²) in [6.45, 7) is 4.11. The van der Waals surface area contributed by atoms with Crippen molar-refractivity contribution in [2.45, 2.75) is 39.0 Å². The molecule has 1 fully saturated rings. The normalized spacial score (nSPS) is 16.7. The highest BCUT2D eigenvalue weighted by molar-refractivity contribution is 6.31. The number of benzene rings is 2. The first-order valence-electron chi connectivity index (χ1n) is 11.6. The lowest BCUT2D eigenvalue weighted by Gasteiger charge is -2.27. The molecule has 1 N–H and O–H groups in total. The van der Waals surface area contributed by atoms with E-state index in [0.29, 0.717) is 41.2 Å². The van der Waals surface area contributed by atoms with E-state index >= 15 is 0 Å². The number of likely N-dealkylation sites (tertiary alicyclic amines) is 1. The average Bonchev–Trinajstić information content (AvgIpc) is 3.42. The third-order valence-electron chi connectivity index (χ3n) is 6.58. The van der Waals surface area contributed by atoms with Gasteiger partial charge in [0, 0.05) is 35.8 Å². The van der Waals surface area contributed by atoms with Crippen molar-refractivity contribution in [3.8, 4) is 17.1 Å². The predicted octanol–water partition coefficient (Wildman–Crippen LogP) is 4.36. The van der Waals surface area contributed by atoms with Gasteiger partial charge in [-0.2, -0.15) is 5.10 Å². The second kappa shape index (κ2) is 9.48. The van der Waals surface area contributed by atoms with Gasteiger partial charge in [0.1, 0.15) is 36.1 Å². The first-order valence-corrected chi connectivity index (χ1v) is 12.0. The van der Waals surface area contributed by atoms with E-state index < -0.39 is 18.0 Å². The van der Waals surface area contributed by atoms with E-state index in [-0.39, 0.29) is 17.5 Å². The maximum Gasteiger partial charge on any atom is 0.251 e. The van der Waals surface area contributed by atoms with E-state index in [1.165, 1.54) is 23.4 Å². The van der Waals surface area contributed by atoms with Crippen LogP contribution in [-0.2, 0) is 18.4 Å². The standard InChI is InChI=1S/C26H25ClFN5O3/c1-14-9-19(25-29-13-30-32(25)3)17-5-4-6-23(24(17)31-14)36-12-20-18(10-16(28)11-21(20)27)15(2)33-8-7-22(34)26(33)35/h4-6,9-11,13,15,22,34H,7-8,12H2,1-3H3/t15-,22+/m0/s1. The Morgan fingerprint density at radius 1 is 1.31 bits per heavy atom. The molecule has 0 bridgehead atoms. The highest BCUT2D eigenvalue weighted by atomic mass is 35.5. The number of carbonyl (C=O) groups is 1. The molecule has 2 aromatic heterocycles. The summed E-state index contributed by atoms with van der Waals surface area (Å²) in [6.07, 6.45) is 0.803. The highest BCUT2D eigenvalue weighted by Gasteiger charge is 2.34. The number of hydrogen-bond donors (Lipinski definition) is 1. The number of amides is 1. The molecule has 0 radical (unpaired) electrons. The number of aliphatic hydroxyl groups is 1. The SMILES string of the molecule is Cc1cc(-c2ncnn2C)c2cccc(OCc3c(Cl)cc(F)cc3[C@H](C)N3CC[C@@H](O)C3=O)c2n1. The number of fused-ring (bicyclic) bond motifs is 1. The van der Waals surface area contributed by atoms with Gasteiger partial charge in [-0.25, -0.2) is 19.0 Å². The van der Waals surface area contributed by atoms with E-state index in [0.717, 1.165) is 16.6 Å². The van der Waals surface area contributed by atoms with Crippen LogP contribution in [0.25, 0.3) is 22.3 Å². The lowest BCUT2D eigenvalue weighted by molar-refractivity contribution is -0.136. The molecule has 4 aromatic rings. The van der Waals surface area contributed by atoms with E-state index in [2.05, 4.69) is 10.1 Å². The number of rotatable bonds is 6. The van der Waals surface area contributed by atoms with Crippen LogP contribution >= 0.6 is 11.6 Å². The number of nitrogens with zero attached hydrogens (tertiary/aromatic N) is 5. The molecule has 186 valence electrons. The molecule has 10 heteroatoms. The summed E-state index contributed by atoms with van der Waals surface area (Å²) in [5, 5.41) is 15.1. The molecule has 2 atom stereocenters. The summed E-state index contributed by atoms with van der Waals surface area (Å²) in [7, 11) is 1.83. The topological polar surface area (TPSA) is 93.4 Å². The van der Waals surface area contributed by atoms with Crippen molar-refractivity contribution >= 4 is 28.4 Å². The number of aliphatic hydroxyl groups excluding tert-OH is 1. The van der Waals surface area contributed by atoms with Gasteiger partial charge in [0.25, 0.3) is 5.91 Å². The highest BCUT2D eigenvalue weighted by Crippen LogP contribution is 2.35. The number of aromatic nitrogens is 4. The average molecular weight is 510 g/mol. The Kier molecular flexibility index (Phi) is 6.36. The van der Waals surface area contributed by atoms with Gasteiger partial charge in [-0.3, -0.25) is 4.79 Å². The van der Waals surface area contributed by atoms with Crippen LogP contribution in [0, 0.1) is 12.7 Å². The van der Waals surface area contributed by atoms with Gasteiger partial charge in [0.15, 0.2) is 5.82 Å². The van der Waals surface area contributed by atoms with Crippen molar-refractivity contribution in [3.05, 3.63) is 70.4 Å². The molecule has 36 heavy (non-hydrogen) atoms. The molecule has 5 rings (SSSR count). The zero-order valence-corrected chi connectivity index (χ0v) is 20.8. The van der Waals surface area contributed by atoms with E-state index in [1.54, 1.807) is 11.6 Å². The number of hydrogen-bond acceptors (Lipinski definition) is 6. The molecule has 0 aliphatic carbocycles. The number of halogens is 2. The number of aryl methyl sites for hydroxylation is 2. The second-order valence-corrected chi connectivity index (χ2v) is 9.33. The lowest BCUT2D eigenvalue weighted by Crippen LogP contribution is -2.32. The van der Waals surface area contributed by atoms with Gasteiger partial charge in [0.05, 0.1) is 11.1 Å². The maximum absolute atomic E-state index is 14.4. The first-order chi connectivity index (χ1) is 17.2. The zero-order valence-electron chi connectivity index (χ0n) is 20.1. The lowest BCUT2D eigenvalue weighted by atomic mass is 10.00. The quantitative estimate of drug-likeness (QED) is 0.415. The number of para-hydroxylation sites is 1.